The Labute approximate surface area is 93.4 Å². The number of nitrogens with zero attached hydrogens (tertiary/aromatic N) is 1. The van der Waals surface area contributed by atoms with E-state index in [4.69, 9.17) is 15.6 Å². The molecule has 0 bridgehead atoms. The van der Waals surface area contributed by atoms with Crippen molar-refractivity contribution in [2.24, 2.45) is 5.73 Å². The van der Waals surface area contributed by atoms with E-state index in [0.717, 1.165) is 17.0 Å². The molecule has 0 atom stereocenters. The lowest BCUT2D eigenvalue weighted by Crippen LogP contribution is -2.36. The average Bonchev–Trinajstić information content (AvgIpc) is 2.28. The zero-order valence-electron chi connectivity index (χ0n) is 8.85. The fourth-order valence-corrected chi connectivity index (χ4v) is 1.78. The van der Waals surface area contributed by atoms with Gasteiger partial charge in [-0.3, -0.25) is 4.79 Å². The summed E-state index contributed by atoms with van der Waals surface area (Å²) < 4.78 is 5.49. The highest BCUT2D eigenvalue weighted by atomic mass is 16.5. The molecule has 0 aromatic heterocycles. The van der Waals surface area contributed by atoms with Gasteiger partial charge in [0.1, 0.15) is 18.9 Å². The summed E-state index contributed by atoms with van der Waals surface area (Å²) in [5, 5.41) is 8.79. The first-order valence-electron chi connectivity index (χ1n) is 5.13. The Morgan fingerprint density at radius 2 is 2.38 bits per heavy atom. The predicted molar refractivity (Wildman–Crippen MR) is 59.7 cm³/mol. The van der Waals surface area contributed by atoms with Crippen LogP contribution < -0.4 is 15.4 Å². The van der Waals surface area contributed by atoms with E-state index in [0.29, 0.717) is 19.7 Å². The lowest BCUT2D eigenvalue weighted by molar-refractivity contribution is -0.135. The maximum Gasteiger partial charge on any atom is 0.323 e. The van der Waals surface area contributed by atoms with Crippen LogP contribution in [-0.2, 0) is 11.3 Å². The summed E-state index contributed by atoms with van der Waals surface area (Å²) in [4.78, 5) is 12.5. The van der Waals surface area contributed by atoms with Crippen molar-refractivity contribution in [3.8, 4) is 5.75 Å². The molecule has 1 heterocycles. The maximum atomic E-state index is 10.7. The third kappa shape index (κ3) is 2.09. The van der Waals surface area contributed by atoms with Gasteiger partial charge in [0.25, 0.3) is 0 Å². The number of ether oxygens (including phenoxy) is 1. The van der Waals surface area contributed by atoms with Gasteiger partial charge in [0.05, 0.1) is 12.2 Å². The van der Waals surface area contributed by atoms with E-state index in [1.165, 1.54) is 0 Å². The van der Waals surface area contributed by atoms with Crippen molar-refractivity contribution in [3.63, 3.8) is 0 Å². The number of carboxylic acid groups (broad SMARTS) is 1. The number of benzene rings is 1. The van der Waals surface area contributed by atoms with Crippen molar-refractivity contribution < 1.29 is 14.6 Å². The van der Waals surface area contributed by atoms with E-state index in [9.17, 15) is 4.79 Å². The van der Waals surface area contributed by atoms with Gasteiger partial charge in [0, 0.05) is 6.54 Å². The Bertz CT molecular complexity index is 406. The summed E-state index contributed by atoms with van der Waals surface area (Å²) in [6.07, 6.45) is 0. The second-order valence-electron chi connectivity index (χ2n) is 3.67. The summed E-state index contributed by atoms with van der Waals surface area (Å²) in [5.74, 6) is -0.119. The highest BCUT2D eigenvalue weighted by Crippen LogP contribution is 2.32. The smallest absolute Gasteiger partial charge is 0.323 e. The number of carbonyl (C=O) groups is 1. The van der Waals surface area contributed by atoms with Crippen LogP contribution in [0.5, 0.6) is 5.75 Å². The van der Waals surface area contributed by atoms with Crippen LogP contribution >= 0.6 is 0 Å². The number of carboxylic acids is 1. The number of hydrogen-bond acceptors (Lipinski definition) is 4. The Hall–Kier alpha value is -1.75. The van der Waals surface area contributed by atoms with E-state index >= 15 is 0 Å². The van der Waals surface area contributed by atoms with Gasteiger partial charge in [0.2, 0.25) is 0 Å². The summed E-state index contributed by atoms with van der Waals surface area (Å²) in [5.41, 5.74) is 7.34. The standard InChI is InChI=1S/C11H14N2O3/c12-6-8-1-2-9-10(5-8)16-4-3-13(9)7-11(14)15/h1-2,5H,3-4,6-7,12H2,(H,14,15). The van der Waals surface area contributed by atoms with Crippen LogP contribution in [0, 0.1) is 0 Å². The Kier molecular flexibility index (Phi) is 2.96. The largest absolute Gasteiger partial charge is 0.490 e. The van der Waals surface area contributed by atoms with Crippen molar-refractivity contribution >= 4 is 11.7 Å². The third-order valence-electron chi connectivity index (χ3n) is 2.55. The van der Waals surface area contributed by atoms with Gasteiger partial charge in [-0.1, -0.05) is 6.07 Å². The minimum atomic E-state index is -0.837. The van der Waals surface area contributed by atoms with Gasteiger partial charge in [0.15, 0.2) is 0 Å². The third-order valence-corrected chi connectivity index (χ3v) is 2.55. The lowest BCUT2D eigenvalue weighted by atomic mass is 10.1. The molecule has 1 aromatic carbocycles. The van der Waals surface area contributed by atoms with Crippen molar-refractivity contribution in [2.75, 3.05) is 24.6 Å². The fourth-order valence-electron chi connectivity index (χ4n) is 1.78. The zero-order valence-corrected chi connectivity index (χ0v) is 8.85. The summed E-state index contributed by atoms with van der Waals surface area (Å²) in [7, 11) is 0. The molecule has 1 aromatic rings. The molecular formula is C11H14N2O3. The molecule has 86 valence electrons. The van der Waals surface area contributed by atoms with E-state index in [2.05, 4.69) is 0 Å². The van der Waals surface area contributed by atoms with Crippen LogP contribution in [0.25, 0.3) is 0 Å². The van der Waals surface area contributed by atoms with Crippen LogP contribution in [0.2, 0.25) is 0 Å². The molecule has 5 heteroatoms. The molecule has 5 nitrogen and oxygen atoms in total. The number of nitrogens with two attached hydrogens (primary N) is 1. The molecule has 16 heavy (non-hydrogen) atoms. The Balaban J connectivity index is 2.28. The molecule has 0 aliphatic carbocycles. The van der Waals surface area contributed by atoms with Gasteiger partial charge in [-0.2, -0.15) is 0 Å². The van der Waals surface area contributed by atoms with Crippen LogP contribution in [0.1, 0.15) is 5.56 Å². The number of hydrogen-bond donors (Lipinski definition) is 2. The molecule has 0 saturated carbocycles. The SMILES string of the molecule is NCc1ccc2c(c1)OCCN2CC(=O)O. The number of fused-ring (bicyclic) bond motifs is 1. The molecule has 3 N–H and O–H groups in total. The van der Waals surface area contributed by atoms with Gasteiger partial charge < -0.3 is 20.5 Å². The van der Waals surface area contributed by atoms with Crippen LogP contribution in [0.3, 0.4) is 0 Å². The highest BCUT2D eigenvalue weighted by molar-refractivity contribution is 5.75. The van der Waals surface area contributed by atoms with Crippen molar-refractivity contribution in [2.45, 2.75) is 6.54 Å². The average molecular weight is 222 g/mol. The fraction of sp³-hybridized carbons (Fsp3) is 0.364. The first-order chi connectivity index (χ1) is 7.70. The second kappa shape index (κ2) is 4.40. The Morgan fingerprint density at radius 3 is 3.06 bits per heavy atom. The molecule has 0 radical (unpaired) electrons. The lowest BCUT2D eigenvalue weighted by Gasteiger charge is -2.30. The van der Waals surface area contributed by atoms with Crippen LogP contribution in [-0.4, -0.2) is 30.8 Å². The summed E-state index contributed by atoms with van der Waals surface area (Å²) in [6, 6.07) is 5.62. The van der Waals surface area contributed by atoms with E-state index < -0.39 is 5.97 Å². The van der Waals surface area contributed by atoms with E-state index in [1.807, 2.05) is 18.2 Å². The summed E-state index contributed by atoms with van der Waals surface area (Å²) >= 11 is 0. The molecular weight excluding hydrogens is 208 g/mol. The van der Waals surface area contributed by atoms with Crippen molar-refractivity contribution in [3.05, 3.63) is 23.8 Å². The highest BCUT2D eigenvalue weighted by Gasteiger charge is 2.19. The van der Waals surface area contributed by atoms with Gasteiger partial charge in [-0.15, -0.1) is 0 Å². The molecule has 1 aliphatic rings. The molecule has 0 unspecified atom stereocenters. The maximum absolute atomic E-state index is 10.7. The minimum Gasteiger partial charge on any atom is -0.490 e. The van der Waals surface area contributed by atoms with Crippen LogP contribution in [0.15, 0.2) is 18.2 Å². The molecule has 0 saturated heterocycles. The van der Waals surface area contributed by atoms with E-state index in [-0.39, 0.29) is 6.54 Å². The first kappa shape index (κ1) is 10.8. The van der Waals surface area contributed by atoms with Gasteiger partial charge in [-0.25, -0.2) is 0 Å². The topological polar surface area (TPSA) is 75.8 Å². The molecule has 1 aliphatic heterocycles. The van der Waals surface area contributed by atoms with Gasteiger partial charge >= 0.3 is 5.97 Å². The van der Waals surface area contributed by atoms with Crippen molar-refractivity contribution in [1.29, 1.82) is 0 Å². The predicted octanol–water partition coefficient (Wildman–Crippen LogP) is 0.429. The molecule has 0 amide bonds. The number of aliphatic carboxylic acids is 1. The Morgan fingerprint density at radius 1 is 1.56 bits per heavy atom. The minimum absolute atomic E-state index is 0.00166. The van der Waals surface area contributed by atoms with Crippen LogP contribution in [0.4, 0.5) is 5.69 Å². The normalized spacial score (nSPS) is 14.2. The van der Waals surface area contributed by atoms with Gasteiger partial charge in [-0.05, 0) is 17.7 Å². The van der Waals surface area contributed by atoms with Crippen molar-refractivity contribution in [1.82, 2.24) is 0 Å². The monoisotopic (exact) mass is 222 g/mol. The number of rotatable bonds is 3. The number of anilines is 1. The zero-order chi connectivity index (χ0) is 11.5. The summed E-state index contributed by atoms with van der Waals surface area (Å²) in [6.45, 7) is 1.56. The molecule has 0 fully saturated rings. The second-order valence-corrected chi connectivity index (χ2v) is 3.67. The molecule has 0 spiro atoms. The quantitative estimate of drug-likeness (QED) is 0.775. The van der Waals surface area contributed by atoms with E-state index in [1.54, 1.807) is 4.90 Å². The first-order valence-corrected chi connectivity index (χ1v) is 5.13. The molecule has 2 rings (SSSR count).